The topological polar surface area (TPSA) is 73.5 Å². The van der Waals surface area contributed by atoms with E-state index in [1.165, 1.54) is 52.4 Å². The lowest BCUT2D eigenvalue weighted by Gasteiger charge is -2.36. The lowest BCUT2D eigenvalue weighted by atomic mass is 9.92. The maximum atomic E-state index is 4.14. The fourth-order valence-corrected chi connectivity index (χ4v) is 4.78. The molecule has 6 nitrogen and oxygen atoms in total. The summed E-state index contributed by atoms with van der Waals surface area (Å²) in [5.41, 5.74) is 7.74. The molecule has 0 aliphatic carbocycles. The maximum Gasteiger partial charge on any atom is 0.204 e. The molecule has 0 bridgehead atoms. The Balaban J connectivity index is 1.49. The number of aromatic nitrogens is 5. The van der Waals surface area contributed by atoms with Crippen molar-refractivity contribution in [3.8, 4) is 11.4 Å². The second-order valence-corrected chi connectivity index (χ2v) is 8.10. The summed E-state index contributed by atoms with van der Waals surface area (Å²) in [4.78, 5) is 6.06. The molecular weight excluding hydrogens is 360 g/mol. The summed E-state index contributed by atoms with van der Waals surface area (Å²) in [5, 5.41) is 15.9. The number of aromatic amines is 2. The number of nitrogens with zero attached hydrogens (tertiary/aromatic N) is 4. The van der Waals surface area contributed by atoms with E-state index in [0.29, 0.717) is 11.9 Å². The van der Waals surface area contributed by atoms with Gasteiger partial charge in [-0.1, -0.05) is 30.7 Å². The summed E-state index contributed by atoms with van der Waals surface area (Å²) in [6.45, 7) is 6.52. The predicted octanol–water partition coefficient (Wildman–Crippen LogP) is 4.69. The van der Waals surface area contributed by atoms with Gasteiger partial charge in [-0.25, -0.2) is 0 Å². The van der Waals surface area contributed by atoms with Crippen LogP contribution in [0.1, 0.15) is 47.6 Å². The van der Waals surface area contributed by atoms with Crippen LogP contribution in [-0.2, 0) is 6.54 Å². The molecule has 0 amide bonds. The van der Waals surface area contributed by atoms with Gasteiger partial charge in [-0.05, 0) is 72.8 Å². The zero-order chi connectivity index (χ0) is 19.8. The van der Waals surface area contributed by atoms with E-state index < -0.39 is 0 Å². The van der Waals surface area contributed by atoms with Crippen molar-refractivity contribution < 1.29 is 0 Å². The van der Waals surface area contributed by atoms with Crippen molar-refractivity contribution in [3.63, 3.8) is 0 Å². The molecule has 1 atom stereocenters. The molecule has 5 rings (SSSR count). The standard InChI is InChI=1S/C23H26N6/c1-15-12-16(2)22-19(9-10-24-22)20(15)14-29-11-4-3-8-21(29)17-6-5-7-18(13-17)23-25-27-28-26-23/h5-7,9-10,12-13,21,24H,3-4,8,11,14H2,1-2H3,(H,25,26,27,28). The molecule has 2 aromatic heterocycles. The minimum Gasteiger partial charge on any atom is -0.361 e. The van der Waals surface area contributed by atoms with E-state index in [0.717, 1.165) is 18.7 Å². The number of rotatable bonds is 4. The number of fused-ring (bicyclic) bond motifs is 1. The quantitative estimate of drug-likeness (QED) is 0.533. The third-order valence-corrected chi connectivity index (χ3v) is 6.23. The first-order valence-electron chi connectivity index (χ1n) is 10.3. The van der Waals surface area contributed by atoms with Crippen LogP contribution in [0.3, 0.4) is 0 Å². The van der Waals surface area contributed by atoms with Gasteiger partial charge in [-0.3, -0.25) is 4.90 Å². The van der Waals surface area contributed by atoms with Crippen LogP contribution in [0.4, 0.5) is 0 Å². The minimum atomic E-state index is 0.408. The van der Waals surface area contributed by atoms with Gasteiger partial charge in [0, 0.05) is 35.2 Å². The molecule has 1 aliphatic rings. The maximum absolute atomic E-state index is 4.14. The Morgan fingerprint density at radius 3 is 2.90 bits per heavy atom. The number of nitrogens with one attached hydrogen (secondary N) is 2. The highest BCUT2D eigenvalue weighted by atomic mass is 15.5. The van der Waals surface area contributed by atoms with E-state index in [9.17, 15) is 0 Å². The first-order chi connectivity index (χ1) is 14.2. The summed E-state index contributed by atoms with van der Waals surface area (Å²) >= 11 is 0. The fourth-order valence-electron chi connectivity index (χ4n) is 4.78. The van der Waals surface area contributed by atoms with Gasteiger partial charge in [0.1, 0.15) is 0 Å². The van der Waals surface area contributed by atoms with E-state index in [2.05, 4.69) is 87.0 Å². The molecule has 0 saturated carbocycles. The SMILES string of the molecule is Cc1cc(C)c2[nH]ccc2c1CN1CCCCC1c1cccc(-c2nn[nH]n2)c1. The van der Waals surface area contributed by atoms with Crippen LogP contribution in [0, 0.1) is 13.8 Å². The van der Waals surface area contributed by atoms with Crippen molar-refractivity contribution in [2.75, 3.05) is 6.54 Å². The Hall–Kier alpha value is -2.99. The predicted molar refractivity (Wildman–Crippen MR) is 114 cm³/mol. The number of aryl methyl sites for hydroxylation is 2. The van der Waals surface area contributed by atoms with E-state index in [1.54, 1.807) is 0 Å². The third kappa shape index (κ3) is 3.34. The minimum absolute atomic E-state index is 0.408. The summed E-state index contributed by atoms with van der Waals surface area (Å²) in [7, 11) is 0. The van der Waals surface area contributed by atoms with Crippen LogP contribution in [0.2, 0.25) is 0 Å². The van der Waals surface area contributed by atoms with Crippen molar-refractivity contribution in [1.29, 1.82) is 0 Å². The molecule has 2 N–H and O–H groups in total. The molecule has 6 heteroatoms. The van der Waals surface area contributed by atoms with Crippen LogP contribution in [0.25, 0.3) is 22.3 Å². The summed E-state index contributed by atoms with van der Waals surface area (Å²) in [6.07, 6.45) is 5.75. The Morgan fingerprint density at radius 1 is 1.10 bits per heavy atom. The zero-order valence-corrected chi connectivity index (χ0v) is 16.9. The average molecular weight is 387 g/mol. The molecule has 0 radical (unpaired) electrons. The molecule has 4 aromatic rings. The smallest absolute Gasteiger partial charge is 0.204 e. The fraction of sp³-hybridized carbons (Fsp3) is 0.348. The molecule has 0 spiro atoms. The lowest BCUT2D eigenvalue weighted by Crippen LogP contribution is -2.33. The number of likely N-dealkylation sites (tertiary alicyclic amines) is 1. The van der Waals surface area contributed by atoms with E-state index >= 15 is 0 Å². The van der Waals surface area contributed by atoms with Crippen molar-refractivity contribution in [1.82, 2.24) is 30.5 Å². The number of tetrazole rings is 1. The Bertz CT molecular complexity index is 1130. The second kappa shape index (κ2) is 7.44. The number of piperidine rings is 1. The van der Waals surface area contributed by atoms with Crippen molar-refractivity contribution in [2.24, 2.45) is 0 Å². The number of benzene rings is 2. The van der Waals surface area contributed by atoms with Crippen LogP contribution < -0.4 is 0 Å². The lowest BCUT2D eigenvalue weighted by molar-refractivity contribution is 0.141. The van der Waals surface area contributed by atoms with Crippen LogP contribution in [0.15, 0.2) is 42.6 Å². The highest BCUT2D eigenvalue weighted by molar-refractivity contribution is 5.87. The normalized spacial score (nSPS) is 17.8. The summed E-state index contributed by atoms with van der Waals surface area (Å²) in [5.74, 6) is 0.651. The average Bonchev–Trinajstić information content (AvgIpc) is 3.44. The molecular formula is C23H26N6. The van der Waals surface area contributed by atoms with Crippen LogP contribution in [0.5, 0.6) is 0 Å². The van der Waals surface area contributed by atoms with E-state index in [4.69, 9.17) is 0 Å². The highest BCUT2D eigenvalue weighted by Crippen LogP contribution is 2.35. The van der Waals surface area contributed by atoms with E-state index in [1.807, 2.05) is 0 Å². The number of hydrogen-bond acceptors (Lipinski definition) is 4. The van der Waals surface area contributed by atoms with Crippen LogP contribution >= 0.6 is 0 Å². The molecule has 1 fully saturated rings. The van der Waals surface area contributed by atoms with Gasteiger partial charge in [-0.2, -0.15) is 5.21 Å². The molecule has 3 heterocycles. The first kappa shape index (κ1) is 18.1. The highest BCUT2D eigenvalue weighted by Gasteiger charge is 2.25. The van der Waals surface area contributed by atoms with Crippen molar-refractivity contribution in [3.05, 3.63) is 64.8 Å². The van der Waals surface area contributed by atoms with Gasteiger partial charge in [0.2, 0.25) is 5.82 Å². The van der Waals surface area contributed by atoms with Gasteiger partial charge >= 0.3 is 0 Å². The summed E-state index contributed by atoms with van der Waals surface area (Å²) in [6, 6.07) is 13.6. The first-order valence-corrected chi connectivity index (χ1v) is 10.3. The largest absolute Gasteiger partial charge is 0.361 e. The van der Waals surface area contributed by atoms with Gasteiger partial charge in [0.25, 0.3) is 0 Å². The monoisotopic (exact) mass is 386 g/mol. The van der Waals surface area contributed by atoms with Gasteiger partial charge in [0.15, 0.2) is 0 Å². The summed E-state index contributed by atoms with van der Waals surface area (Å²) < 4.78 is 0. The van der Waals surface area contributed by atoms with E-state index in [-0.39, 0.29) is 0 Å². The zero-order valence-electron chi connectivity index (χ0n) is 16.9. The molecule has 1 unspecified atom stereocenters. The number of H-pyrrole nitrogens is 2. The van der Waals surface area contributed by atoms with Crippen molar-refractivity contribution in [2.45, 2.75) is 45.7 Å². The van der Waals surface area contributed by atoms with Gasteiger partial charge in [0.05, 0.1) is 0 Å². The third-order valence-electron chi connectivity index (χ3n) is 6.23. The van der Waals surface area contributed by atoms with Crippen LogP contribution in [-0.4, -0.2) is 37.1 Å². The second-order valence-electron chi connectivity index (χ2n) is 8.10. The van der Waals surface area contributed by atoms with Gasteiger partial charge in [-0.15, -0.1) is 10.2 Å². The molecule has 1 aliphatic heterocycles. The Morgan fingerprint density at radius 2 is 2.03 bits per heavy atom. The molecule has 2 aromatic carbocycles. The van der Waals surface area contributed by atoms with Crippen molar-refractivity contribution >= 4 is 10.9 Å². The molecule has 29 heavy (non-hydrogen) atoms. The Labute approximate surface area is 170 Å². The molecule has 148 valence electrons. The molecule has 1 saturated heterocycles. The Kier molecular flexibility index (Phi) is 4.64. The number of hydrogen-bond donors (Lipinski definition) is 2. The van der Waals surface area contributed by atoms with Gasteiger partial charge < -0.3 is 4.98 Å².